The van der Waals surface area contributed by atoms with E-state index in [0.717, 1.165) is 10.5 Å². The molecule has 1 aliphatic rings. The van der Waals surface area contributed by atoms with Gasteiger partial charge in [-0.3, -0.25) is 14.5 Å². The second kappa shape index (κ2) is 9.09. The van der Waals surface area contributed by atoms with E-state index in [0.29, 0.717) is 23.6 Å². The van der Waals surface area contributed by atoms with Gasteiger partial charge in [-0.1, -0.05) is 36.4 Å². The fourth-order valence-corrected chi connectivity index (χ4v) is 3.08. The van der Waals surface area contributed by atoms with Crippen LogP contribution in [0.3, 0.4) is 0 Å². The highest BCUT2D eigenvalue weighted by Gasteiger charge is 2.39. The van der Waals surface area contributed by atoms with Crippen molar-refractivity contribution in [1.82, 2.24) is 15.5 Å². The van der Waals surface area contributed by atoms with Gasteiger partial charge < -0.3 is 20.1 Å². The van der Waals surface area contributed by atoms with Gasteiger partial charge >= 0.3 is 6.03 Å². The van der Waals surface area contributed by atoms with Crippen molar-refractivity contribution in [3.63, 3.8) is 0 Å². The van der Waals surface area contributed by atoms with Crippen molar-refractivity contribution in [3.8, 4) is 11.5 Å². The molecule has 2 aromatic carbocycles. The highest BCUT2D eigenvalue weighted by molar-refractivity contribution is 6.05. The average molecular weight is 397 g/mol. The number of carbonyl (C=O) groups is 3. The highest BCUT2D eigenvalue weighted by Crippen LogP contribution is 2.28. The second-order valence-electron chi connectivity index (χ2n) is 6.58. The molecule has 0 bridgehead atoms. The molecule has 3 rings (SSSR count). The van der Waals surface area contributed by atoms with Crippen LogP contribution in [0.5, 0.6) is 11.5 Å². The monoisotopic (exact) mass is 397 g/mol. The standard InChI is InChI=1S/C21H23N3O5/c1-28-17-9-8-15(10-18(17)29-2)13-24-20(26)16(23-21(24)27)11-19(25)22-12-14-6-4-3-5-7-14/h3-10,16H,11-13H2,1-2H3,(H,22,25)(H,23,27)/t16-/m0/s1. The van der Waals surface area contributed by atoms with Gasteiger partial charge in [0.05, 0.1) is 27.2 Å². The van der Waals surface area contributed by atoms with E-state index in [1.807, 2.05) is 30.3 Å². The van der Waals surface area contributed by atoms with E-state index >= 15 is 0 Å². The van der Waals surface area contributed by atoms with Crippen molar-refractivity contribution in [1.29, 1.82) is 0 Å². The number of hydrogen-bond donors (Lipinski definition) is 2. The Kier molecular flexibility index (Phi) is 6.33. The number of nitrogens with one attached hydrogen (secondary N) is 2. The Bertz CT molecular complexity index is 900. The van der Waals surface area contributed by atoms with Crippen LogP contribution in [0.1, 0.15) is 17.5 Å². The lowest BCUT2D eigenvalue weighted by atomic mass is 10.1. The number of hydrogen-bond acceptors (Lipinski definition) is 5. The number of benzene rings is 2. The summed E-state index contributed by atoms with van der Waals surface area (Å²) >= 11 is 0. The Morgan fingerprint density at radius 3 is 2.45 bits per heavy atom. The first kappa shape index (κ1) is 20.2. The van der Waals surface area contributed by atoms with Crippen LogP contribution in [0.2, 0.25) is 0 Å². The third-order valence-electron chi connectivity index (χ3n) is 4.62. The Morgan fingerprint density at radius 1 is 1.03 bits per heavy atom. The number of ether oxygens (including phenoxy) is 2. The predicted molar refractivity (Wildman–Crippen MR) is 105 cm³/mol. The molecule has 0 aromatic heterocycles. The summed E-state index contributed by atoms with van der Waals surface area (Å²) in [5, 5.41) is 5.34. The van der Waals surface area contributed by atoms with Crippen LogP contribution in [-0.4, -0.2) is 43.0 Å². The summed E-state index contributed by atoms with van der Waals surface area (Å²) in [6.45, 7) is 0.442. The summed E-state index contributed by atoms with van der Waals surface area (Å²) in [7, 11) is 3.04. The maximum Gasteiger partial charge on any atom is 0.325 e. The minimum Gasteiger partial charge on any atom is -0.493 e. The highest BCUT2D eigenvalue weighted by atomic mass is 16.5. The number of imide groups is 1. The van der Waals surface area contributed by atoms with E-state index in [2.05, 4.69) is 10.6 Å². The molecule has 1 fully saturated rings. The van der Waals surface area contributed by atoms with Crippen LogP contribution in [0.4, 0.5) is 4.79 Å². The van der Waals surface area contributed by atoms with Crippen LogP contribution in [-0.2, 0) is 22.7 Å². The number of amides is 4. The van der Waals surface area contributed by atoms with Crippen LogP contribution in [0.15, 0.2) is 48.5 Å². The van der Waals surface area contributed by atoms with Gasteiger partial charge in [-0.2, -0.15) is 0 Å². The normalized spacial score (nSPS) is 15.8. The number of nitrogens with zero attached hydrogens (tertiary/aromatic N) is 1. The molecular formula is C21H23N3O5. The van der Waals surface area contributed by atoms with Gasteiger partial charge in [-0.15, -0.1) is 0 Å². The molecule has 8 nitrogen and oxygen atoms in total. The Labute approximate surface area is 168 Å². The average Bonchev–Trinajstić information content (AvgIpc) is 3.00. The molecule has 4 amide bonds. The van der Waals surface area contributed by atoms with Crippen LogP contribution < -0.4 is 20.1 Å². The third-order valence-corrected chi connectivity index (χ3v) is 4.62. The first-order chi connectivity index (χ1) is 14.0. The van der Waals surface area contributed by atoms with E-state index in [-0.39, 0.29) is 18.9 Å². The fourth-order valence-electron chi connectivity index (χ4n) is 3.08. The van der Waals surface area contributed by atoms with Crippen molar-refractivity contribution in [3.05, 3.63) is 59.7 Å². The summed E-state index contributed by atoms with van der Waals surface area (Å²) in [6.07, 6.45) is -0.111. The fraction of sp³-hybridized carbons (Fsp3) is 0.286. The molecule has 0 unspecified atom stereocenters. The summed E-state index contributed by atoms with van der Waals surface area (Å²) in [4.78, 5) is 38.1. The number of carbonyl (C=O) groups excluding carboxylic acids is 3. The van der Waals surface area contributed by atoms with Crippen molar-refractivity contribution in [2.24, 2.45) is 0 Å². The van der Waals surface area contributed by atoms with E-state index in [9.17, 15) is 14.4 Å². The molecule has 1 aliphatic heterocycles. The molecule has 0 radical (unpaired) electrons. The Hall–Kier alpha value is -3.55. The van der Waals surface area contributed by atoms with E-state index in [1.54, 1.807) is 18.2 Å². The van der Waals surface area contributed by atoms with Gasteiger partial charge in [-0.25, -0.2) is 4.79 Å². The van der Waals surface area contributed by atoms with E-state index < -0.39 is 18.0 Å². The number of methoxy groups -OCH3 is 2. The first-order valence-corrected chi connectivity index (χ1v) is 9.15. The molecule has 1 heterocycles. The minimum atomic E-state index is -0.876. The molecule has 0 aliphatic carbocycles. The lowest BCUT2D eigenvalue weighted by Gasteiger charge is -2.15. The topological polar surface area (TPSA) is 97.0 Å². The molecule has 2 aromatic rings. The van der Waals surface area contributed by atoms with Gasteiger partial charge in [-0.05, 0) is 23.3 Å². The second-order valence-corrected chi connectivity index (χ2v) is 6.58. The third kappa shape index (κ3) is 4.84. The Balaban J connectivity index is 1.58. The molecule has 0 spiro atoms. The first-order valence-electron chi connectivity index (χ1n) is 9.15. The van der Waals surface area contributed by atoms with Crippen LogP contribution >= 0.6 is 0 Å². The van der Waals surface area contributed by atoms with Gasteiger partial charge in [0, 0.05) is 6.54 Å². The molecule has 0 saturated carbocycles. The zero-order valence-electron chi connectivity index (χ0n) is 16.3. The maximum atomic E-state index is 12.6. The lowest BCUT2D eigenvalue weighted by molar-refractivity contribution is -0.131. The Morgan fingerprint density at radius 2 is 1.76 bits per heavy atom. The van der Waals surface area contributed by atoms with Crippen molar-refractivity contribution >= 4 is 17.8 Å². The SMILES string of the molecule is COc1ccc(CN2C(=O)N[C@@H](CC(=O)NCc3ccccc3)C2=O)cc1OC. The quantitative estimate of drug-likeness (QED) is 0.663. The van der Waals surface area contributed by atoms with Crippen LogP contribution in [0, 0.1) is 0 Å². The predicted octanol–water partition coefficient (Wildman–Crippen LogP) is 1.83. The zero-order chi connectivity index (χ0) is 20.8. The van der Waals surface area contributed by atoms with Crippen LogP contribution in [0.25, 0.3) is 0 Å². The van der Waals surface area contributed by atoms with Gasteiger partial charge in [0.15, 0.2) is 11.5 Å². The van der Waals surface area contributed by atoms with Gasteiger partial charge in [0.2, 0.25) is 5.91 Å². The van der Waals surface area contributed by atoms with Crippen molar-refractivity contribution in [2.45, 2.75) is 25.6 Å². The maximum absolute atomic E-state index is 12.6. The summed E-state index contributed by atoms with van der Waals surface area (Å²) in [5.74, 6) is 0.329. The molecule has 1 atom stereocenters. The molecule has 152 valence electrons. The zero-order valence-corrected chi connectivity index (χ0v) is 16.3. The van der Waals surface area contributed by atoms with Crippen molar-refractivity contribution in [2.75, 3.05) is 14.2 Å². The minimum absolute atomic E-state index is 0.0765. The van der Waals surface area contributed by atoms with Gasteiger partial charge in [0.1, 0.15) is 6.04 Å². The smallest absolute Gasteiger partial charge is 0.325 e. The number of urea groups is 1. The largest absolute Gasteiger partial charge is 0.493 e. The molecule has 29 heavy (non-hydrogen) atoms. The molecule has 8 heteroatoms. The van der Waals surface area contributed by atoms with E-state index in [1.165, 1.54) is 14.2 Å². The lowest BCUT2D eigenvalue weighted by Crippen LogP contribution is -2.36. The summed E-state index contributed by atoms with van der Waals surface area (Å²) in [5.41, 5.74) is 1.66. The summed E-state index contributed by atoms with van der Waals surface area (Å²) < 4.78 is 10.4. The van der Waals surface area contributed by atoms with Gasteiger partial charge in [0.25, 0.3) is 5.91 Å². The van der Waals surface area contributed by atoms with E-state index in [4.69, 9.17) is 9.47 Å². The molecular weight excluding hydrogens is 374 g/mol. The van der Waals surface area contributed by atoms with Crippen molar-refractivity contribution < 1.29 is 23.9 Å². The molecule has 2 N–H and O–H groups in total. The summed E-state index contributed by atoms with van der Waals surface area (Å²) in [6, 6.07) is 13.2. The molecule has 1 saturated heterocycles. The number of rotatable bonds is 8.